The van der Waals surface area contributed by atoms with Gasteiger partial charge < -0.3 is 15.7 Å². The lowest BCUT2D eigenvalue weighted by Crippen LogP contribution is -2.51. The third-order valence-corrected chi connectivity index (χ3v) is 3.93. The topological polar surface area (TPSA) is 78.4 Å². The highest BCUT2D eigenvalue weighted by Gasteiger charge is 2.27. The molecule has 110 valence electrons. The average molecular weight is 270 g/mol. The van der Waals surface area contributed by atoms with Crippen LogP contribution < -0.4 is 10.6 Å². The summed E-state index contributed by atoms with van der Waals surface area (Å²) < 4.78 is 0. The number of hydrogen-bond acceptors (Lipinski definition) is 2. The van der Waals surface area contributed by atoms with Crippen molar-refractivity contribution in [2.75, 3.05) is 0 Å². The standard InChI is InChI=1S/C14H26N2O3/c1-4-5-12(13(17)18)16-14(19)15-11-7-6-9(2)8-10(11)3/h9-12H,4-8H2,1-3H3,(H,17,18)(H2,15,16,19)/t9?,10?,11?,12-/m1/s1. The molecule has 0 saturated heterocycles. The first-order valence-corrected chi connectivity index (χ1v) is 7.23. The van der Waals surface area contributed by atoms with E-state index in [4.69, 9.17) is 5.11 Å². The quantitative estimate of drug-likeness (QED) is 0.717. The minimum atomic E-state index is -0.970. The predicted molar refractivity (Wildman–Crippen MR) is 74.0 cm³/mol. The molecule has 0 aromatic rings. The van der Waals surface area contributed by atoms with Crippen LogP contribution in [0.15, 0.2) is 0 Å². The second-order valence-electron chi connectivity index (χ2n) is 5.80. The summed E-state index contributed by atoms with van der Waals surface area (Å²) in [7, 11) is 0. The van der Waals surface area contributed by atoms with Crippen LogP contribution in [0.1, 0.15) is 52.9 Å². The number of carbonyl (C=O) groups excluding carboxylic acids is 1. The van der Waals surface area contributed by atoms with Gasteiger partial charge in [-0.05, 0) is 37.5 Å². The zero-order valence-electron chi connectivity index (χ0n) is 12.1. The molecule has 1 fully saturated rings. The summed E-state index contributed by atoms with van der Waals surface area (Å²) in [5.41, 5.74) is 0. The van der Waals surface area contributed by atoms with E-state index in [1.165, 1.54) is 0 Å². The first-order valence-electron chi connectivity index (χ1n) is 7.23. The monoisotopic (exact) mass is 270 g/mol. The Balaban J connectivity index is 2.43. The molecule has 1 rings (SSSR count). The smallest absolute Gasteiger partial charge is 0.326 e. The van der Waals surface area contributed by atoms with Crippen LogP contribution in [0.4, 0.5) is 4.79 Å². The molecular weight excluding hydrogens is 244 g/mol. The zero-order chi connectivity index (χ0) is 14.4. The molecular formula is C14H26N2O3. The van der Waals surface area contributed by atoms with Crippen molar-refractivity contribution in [2.45, 2.75) is 65.0 Å². The van der Waals surface area contributed by atoms with Crippen LogP contribution in [0.3, 0.4) is 0 Å². The molecule has 5 nitrogen and oxygen atoms in total. The Morgan fingerprint density at radius 2 is 2.00 bits per heavy atom. The lowest BCUT2D eigenvalue weighted by Gasteiger charge is -2.33. The Hall–Kier alpha value is -1.26. The van der Waals surface area contributed by atoms with E-state index in [1.54, 1.807) is 0 Å². The van der Waals surface area contributed by atoms with E-state index in [9.17, 15) is 9.59 Å². The minimum absolute atomic E-state index is 0.160. The van der Waals surface area contributed by atoms with E-state index in [0.29, 0.717) is 18.3 Å². The molecule has 0 spiro atoms. The molecule has 3 unspecified atom stereocenters. The second-order valence-corrected chi connectivity index (χ2v) is 5.80. The van der Waals surface area contributed by atoms with Crippen molar-refractivity contribution in [3.8, 4) is 0 Å². The molecule has 1 saturated carbocycles. The molecule has 3 N–H and O–H groups in total. The number of carboxylic acids is 1. The van der Waals surface area contributed by atoms with Crippen LogP contribution in [-0.2, 0) is 4.79 Å². The summed E-state index contributed by atoms with van der Waals surface area (Å²) in [4.78, 5) is 22.8. The van der Waals surface area contributed by atoms with Gasteiger partial charge in [0.25, 0.3) is 0 Å². The Labute approximate surface area is 115 Å². The van der Waals surface area contributed by atoms with Crippen molar-refractivity contribution in [3.63, 3.8) is 0 Å². The van der Waals surface area contributed by atoms with Crippen molar-refractivity contribution in [2.24, 2.45) is 11.8 Å². The highest BCUT2D eigenvalue weighted by molar-refractivity contribution is 5.82. The fourth-order valence-electron chi connectivity index (χ4n) is 2.79. The highest BCUT2D eigenvalue weighted by atomic mass is 16.4. The van der Waals surface area contributed by atoms with Crippen molar-refractivity contribution in [1.82, 2.24) is 10.6 Å². The van der Waals surface area contributed by atoms with Crippen LogP contribution >= 0.6 is 0 Å². The van der Waals surface area contributed by atoms with E-state index in [0.717, 1.165) is 25.7 Å². The van der Waals surface area contributed by atoms with E-state index >= 15 is 0 Å². The third kappa shape index (κ3) is 5.09. The summed E-state index contributed by atoms with van der Waals surface area (Å²) >= 11 is 0. The predicted octanol–water partition coefficient (Wildman–Crippen LogP) is 2.36. The molecule has 5 heteroatoms. The maximum Gasteiger partial charge on any atom is 0.326 e. The van der Waals surface area contributed by atoms with Crippen LogP contribution in [-0.4, -0.2) is 29.2 Å². The van der Waals surface area contributed by atoms with Gasteiger partial charge in [0.2, 0.25) is 0 Å². The van der Waals surface area contributed by atoms with Crippen molar-refractivity contribution < 1.29 is 14.7 Å². The number of carbonyl (C=O) groups is 2. The Morgan fingerprint density at radius 1 is 1.32 bits per heavy atom. The van der Waals surface area contributed by atoms with Gasteiger partial charge in [-0.15, -0.1) is 0 Å². The van der Waals surface area contributed by atoms with Gasteiger partial charge in [-0.1, -0.05) is 27.2 Å². The maximum atomic E-state index is 11.8. The van der Waals surface area contributed by atoms with Crippen LogP contribution in [0.2, 0.25) is 0 Å². The number of rotatable bonds is 5. The molecule has 1 aliphatic rings. The van der Waals surface area contributed by atoms with Gasteiger partial charge in [0.1, 0.15) is 6.04 Å². The van der Waals surface area contributed by atoms with E-state index in [-0.39, 0.29) is 12.1 Å². The minimum Gasteiger partial charge on any atom is -0.480 e. The molecule has 0 aliphatic heterocycles. The summed E-state index contributed by atoms with van der Waals surface area (Å²) in [5.74, 6) is 0.189. The summed E-state index contributed by atoms with van der Waals surface area (Å²) in [6, 6.07) is -0.984. The molecule has 0 aromatic heterocycles. The van der Waals surface area contributed by atoms with Crippen LogP contribution in [0.25, 0.3) is 0 Å². The highest BCUT2D eigenvalue weighted by Crippen LogP contribution is 2.28. The normalized spacial score (nSPS) is 28.5. The molecule has 0 heterocycles. The summed E-state index contributed by atoms with van der Waals surface area (Å²) in [5, 5.41) is 14.5. The van der Waals surface area contributed by atoms with Crippen LogP contribution in [0.5, 0.6) is 0 Å². The van der Waals surface area contributed by atoms with Gasteiger partial charge in [-0.3, -0.25) is 0 Å². The molecule has 1 aliphatic carbocycles. The first-order chi connectivity index (χ1) is 8.93. The average Bonchev–Trinajstić information content (AvgIpc) is 2.32. The Bertz CT molecular complexity index is 320. The largest absolute Gasteiger partial charge is 0.480 e. The van der Waals surface area contributed by atoms with E-state index < -0.39 is 12.0 Å². The molecule has 2 amide bonds. The lowest BCUT2D eigenvalue weighted by atomic mass is 9.80. The number of hydrogen-bond donors (Lipinski definition) is 3. The molecule has 19 heavy (non-hydrogen) atoms. The number of aliphatic carboxylic acids is 1. The third-order valence-electron chi connectivity index (χ3n) is 3.93. The van der Waals surface area contributed by atoms with Crippen LogP contribution in [0, 0.1) is 11.8 Å². The molecule has 4 atom stereocenters. The van der Waals surface area contributed by atoms with Gasteiger partial charge >= 0.3 is 12.0 Å². The summed E-state index contributed by atoms with van der Waals surface area (Å²) in [6.07, 6.45) is 4.39. The number of urea groups is 1. The van der Waals surface area contributed by atoms with Gasteiger partial charge in [0.15, 0.2) is 0 Å². The van der Waals surface area contributed by atoms with E-state index in [2.05, 4.69) is 24.5 Å². The SMILES string of the molecule is CCC[C@@H](NC(=O)NC1CCC(C)CC1C)C(=O)O. The first kappa shape index (κ1) is 15.8. The Kier molecular flexibility index (Phi) is 6.12. The van der Waals surface area contributed by atoms with Gasteiger partial charge in [-0.2, -0.15) is 0 Å². The van der Waals surface area contributed by atoms with Crippen molar-refractivity contribution >= 4 is 12.0 Å². The summed E-state index contributed by atoms with van der Waals surface area (Å²) in [6.45, 7) is 6.27. The van der Waals surface area contributed by atoms with Gasteiger partial charge in [-0.25, -0.2) is 9.59 Å². The van der Waals surface area contributed by atoms with Crippen molar-refractivity contribution in [3.05, 3.63) is 0 Å². The van der Waals surface area contributed by atoms with Gasteiger partial charge in [0.05, 0.1) is 0 Å². The molecule has 0 bridgehead atoms. The zero-order valence-corrected chi connectivity index (χ0v) is 12.1. The molecule has 0 aromatic carbocycles. The number of amides is 2. The van der Waals surface area contributed by atoms with Crippen molar-refractivity contribution in [1.29, 1.82) is 0 Å². The fraction of sp³-hybridized carbons (Fsp3) is 0.857. The Morgan fingerprint density at radius 3 is 2.53 bits per heavy atom. The lowest BCUT2D eigenvalue weighted by molar-refractivity contribution is -0.139. The van der Waals surface area contributed by atoms with E-state index in [1.807, 2.05) is 6.92 Å². The molecule has 0 radical (unpaired) electrons. The van der Waals surface area contributed by atoms with Gasteiger partial charge in [0, 0.05) is 6.04 Å². The second kappa shape index (κ2) is 7.36. The fourth-order valence-corrected chi connectivity index (χ4v) is 2.79. The number of nitrogens with one attached hydrogen (secondary N) is 2. The number of carboxylic acid groups (broad SMARTS) is 1. The maximum absolute atomic E-state index is 11.8.